The summed E-state index contributed by atoms with van der Waals surface area (Å²) in [6, 6.07) is 12.2. The molecular weight excluding hydrogens is 332 g/mol. The Morgan fingerprint density at radius 1 is 1.23 bits per heavy atom. The fourth-order valence-corrected chi connectivity index (χ4v) is 2.69. The average Bonchev–Trinajstić information content (AvgIpc) is 3.46. The highest BCUT2D eigenvalue weighted by Crippen LogP contribution is 2.32. The summed E-state index contributed by atoms with van der Waals surface area (Å²) < 4.78 is 11.2. The van der Waals surface area contributed by atoms with Gasteiger partial charge in [0.25, 0.3) is 11.8 Å². The Labute approximate surface area is 151 Å². The molecule has 0 aromatic heterocycles. The first-order valence-electron chi connectivity index (χ1n) is 8.74. The van der Waals surface area contributed by atoms with Crippen molar-refractivity contribution in [2.45, 2.75) is 25.9 Å². The van der Waals surface area contributed by atoms with Crippen molar-refractivity contribution >= 4 is 23.2 Å². The van der Waals surface area contributed by atoms with Crippen LogP contribution in [0.3, 0.4) is 0 Å². The molecule has 2 aliphatic rings. The number of ether oxygens (including phenoxy) is 2. The lowest BCUT2D eigenvalue weighted by Gasteiger charge is -2.23. The molecule has 2 N–H and O–H groups in total. The summed E-state index contributed by atoms with van der Waals surface area (Å²) in [5, 5.41) is 5.59. The molecule has 1 atom stereocenters. The van der Waals surface area contributed by atoms with E-state index in [0.29, 0.717) is 28.6 Å². The second-order valence-corrected chi connectivity index (χ2v) is 6.69. The molecule has 6 heteroatoms. The fourth-order valence-electron chi connectivity index (χ4n) is 2.69. The number of carbonyl (C=O) groups is 2. The van der Waals surface area contributed by atoms with Crippen LogP contribution in [0.2, 0.25) is 0 Å². The molecule has 134 valence electrons. The van der Waals surface area contributed by atoms with E-state index in [9.17, 15) is 9.59 Å². The molecule has 2 aromatic carbocycles. The van der Waals surface area contributed by atoms with Crippen LogP contribution in [-0.2, 0) is 4.79 Å². The van der Waals surface area contributed by atoms with Gasteiger partial charge in [0, 0.05) is 11.3 Å². The van der Waals surface area contributed by atoms with Gasteiger partial charge in [-0.05, 0) is 68.1 Å². The standard InChI is InChI=1S/C20H20N2O4/c1-12-19(23)22-17-10-15(6-9-18(17)26-12)21-20(24)14-4-7-16(8-5-14)25-11-13-2-3-13/h4-10,12-13H,2-3,11H2,1H3,(H,21,24)(H,22,23). The molecule has 1 unspecified atom stereocenters. The Hall–Kier alpha value is -3.02. The molecule has 0 spiro atoms. The van der Waals surface area contributed by atoms with Crippen molar-refractivity contribution in [2.24, 2.45) is 5.92 Å². The average molecular weight is 352 g/mol. The molecule has 2 amide bonds. The van der Waals surface area contributed by atoms with Crippen LogP contribution < -0.4 is 20.1 Å². The maximum Gasteiger partial charge on any atom is 0.265 e. The maximum absolute atomic E-state index is 12.4. The second-order valence-electron chi connectivity index (χ2n) is 6.69. The number of hydrogen-bond acceptors (Lipinski definition) is 4. The number of amides is 2. The summed E-state index contributed by atoms with van der Waals surface area (Å²) in [6.07, 6.45) is 1.96. The van der Waals surface area contributed by atoms with Crippen LogP contribution in [0.5, 0.6) is 11.5 Å². The largest absolute Gasteiger partial charge is 0.493 e. The smallest absolute Gasteiger partial charge is 0.265 e. The number of fused-ring (bicyclic) bond motifs is 1. The van der Waals surface area contributed by atoms with Gasteiger partial charge >= 0.3 is 0 Å². The van der Waals surface area contributed by atoms with E-state index in [0.717, 1.165) is 12.4 Å². The van der Waals surface area contributed by atoms with Gasteiger partial charge in [0.05, 0.1) is 12.3 Å². The van der Waals surface area contributed by atoms with Gasteiger partial charge in [-0.15, -0.1) is 0 Å². The minimum Gasteiger partial charge on any atom is -0.493 e. The van der Waals surface area contributed by atoms with E-state index in [1.54, 1.807) is 49.4 Å². The van der Waals surface area contributed by atoms with E-state index in [1.165, 1.54) is 12.8 Å². The first-order valence-corrected chi connectivity index (χ1v) is 8.74. The minimum atomic E-state index is -0.524. The summed E-state index contributed by atoms with van der Waals surface area (Å²) in [6.45, 7) is 2.43. The summed E-state index contributed by atoms with van der Waals surface area (Å²) in [5.74, 6) is 1.62. The van der Waals surface area contributed by atoms with Crippen molar-refractivity contribution < 1.29 is 19.1 Å². The van der Waals surface area contributed by atoms with Crippen LogP contribution in [-0.4, -0.2) is 24.5 Å². The molecule has 1 aliphatic carbocycles. The fraction of sp³-hybridized carbons (Fsp3) is 0.300. The molecule has 0 bridgehead atoms. The van der Waals surface area contributed by atoms with Gasteiger partial charge in [-0.25, -0.2) is 0 Å². The molecule has 6 nitrogen and oxygen atoms in total. The summed E-state index contributed by atoms with van der Waals surface area (Å²) in [4.78, 5) is 24.1. The van der Waals surface area contributed by atoms with Crippen molar-refractivity contribution in [3.63, 3.8) is 0 Å². The summed E-state index contributed by atoms with van der Waals surface area (Å²) in [7, 11) is 0. The number of benzene rings is 2. The van der Waals surface area contributed by atoms with Gasteiger partial charge < -0.3 is 20.1 Å². The van der Waals surface area contributed by atoms with Gasteiger partial charge in [-0.2, -0.15) is 0 Å². The van der Waals surface area contributed by atoms with E-state index in [4.69, 9.17) is 9.47 Å². The van der Waals surface area contributed by atoms with Gasteiger partial charge in [0.2, 0.25) is 0 Å². The Morgan fingerprint density at radius 2 is 2.00 bits per heavy atom. The number of rotatable bonds is 5. The van der Waals surface area contributed by atoms with Gasteiger partial charge in [-0.3, -0.25) is 9.59 Å². The zero-order valence-corrected chi connectivity index (χ0v) is 14.5. The van der Waals surface area contributed by atoms with Crippen LogP contribution in [0.1, 0.15) is 30.1 Å². The van der Waals surface area contributed by atoms with Crippen molar-refractivity contribution in [2.75, 3.05) is 17.2 Å². The van der Waals surface area contributed by atoms with Crippen molar-refractivity contribution in [3.05, 3.63) is 48.0 Å². The van der Waals surface area contributed by atoms with Gasteiger partial charge in [-0.1, -0.05) is 0 Å². The molecule has 1 fully saturated rings. The van der Waals surface area contributed by atoms with E-state index >= 15 is 0 Å². The quantitative estimate of drug-likeness (QED) is 0.864. The molecule has 1 saturated carbocycles. The highest BCUT2D eigenvalue weighted by Gasteiger charge is 2.24. The lowest BCUT2D eigenvalue weighted by Crippen LogP contribution is -2.34. The van der Waals surface area contributed by atoms with Crippen LogP contribution in [0, 0.1) is 5.92 Å². The molecule has 2 aromatic rings. The topological polar surface area (TPSA) is 76.7 Å². The Morgan fingerprint density at radius 3 is 2.73 bits per heavy atom. The van der Waals surface area contributed by atoms with E-state index in [2.05, 4.69) is 10.6 Å². The first-order chi connectivity index (χ1) is 12.6. The number of hydrogen-bond donors (Lipinski definition) is 2. The third kappa shape index (κ3) is 3.64. The van der Waals surface area contributed by atoms with E-state index in [-0.39, 0.29) is 11.8 Å². The highest BCUT2D eigenvalue weighted by molar-refractivity contribution is 6.05. The van der Waals surface area contributed by atoms with Gasteiger partial charge in [0.1, 0.15) is 11.5 Å². The van der Waals surface area contributed by atoms with Crippen LogP contribution in [0.25, 0.3) is 0 Å². The lowest BCUT2D eigenvalue weighted by atomic mass is 10.1. The highest BCUT2D eigenvalue weighted by atomic mass is 16.5. The number of anilines is 2. The molecule has 26 heavy (non-hydrogen) atoms. The third-order valence-corrected chi connectivity index (χ3v) is 4.47. The first kappa shape index (κ1) is 16.4. The van der Waals surface area contributed by atoms with E-state index in [1.807, 2.05) is 0 Å². The SMILES string of the molecule is CC1Oc2ccc(NC(=O)c3ccc(OCC4CC4)cc3)cc2NC1=O. The zero-order chi connectivity index (χ0) is 18.1. The Balaban J connectivity index is 1.41. The third-order valence-electron chi connectivity index (χ3n) is 4.47. The molecule has 4 rings (SSSR count). The maximum atomic E-state index is 12.4. The normalized spacial score (nSPS) is 18.3. The monoisotopic (exact) mass is 352 g/mol. The second kappa shape index (κ2) is 6.71. The van der Waals surface area contributed by atoms with Crippen molar-refractivity contribution in [3.8, 4) is 11.5 Å². The number of nitrogens with one attached hydrogen (secondary N) is 2. The Bertz CT molecular complexity index is 843. The lowest BCUT2D eigenvalue weighted by molar-refractivity contribution is -0.122. The zero-order valence-electron chi connectivity index (χ0n) is 14.5. The molecule has 1 aliphatic heterocycles. The van der Waals surface area contributed by atoms with Crippen LogP contribution in [0.4, 0.5) is 11.4 Å². The predicted octanol–water partition coefficient (Wildman–Crippen LogP) is 3.45. The van der Waals surface area contributed by atoms with Crippen LogP contribution >= 0.6 is 0 Å². The molecule has 0 saturated heterocycles. The van der Waals surface area contributed by atoms with Gasteiger partial charge in [0.15, 0.2) is 6.10 Å². The van der Waals surface area contributed by atoms with Crippen LogP contribution in [0.15, 0.2) is 42.5 Å². The molecule has 1 heterocycles. The molecular formula is C20H20N2O4. The number of carbonyl (C=O) groups excluding carboxylic acids is 2. The summed E-state index contributed by atoms with van der Waals surface area (Å²) in [5.41, 5.74) is 1.67. The van der Waals surface area contributed by atoms with E-state index < -0.39 is 6.10 Å². The Kier molecular flexibility index (Phi) is 4.24. The minimum absolute atomic E-state index is 0.206. The molecule has 0 radical (unpaired) electrons. The summed E-state index contributed by atoms with van der Waals surface area (Å²) >= 11 is 0. The predicted molar refractivity (Wildman–Crippen MR) is 97.8 cm³/mol. The van der Waals surface area contributed by atoms with Crippen molar-refractivity contribution in [1.82, 2.24) is 0 Å². The van der Waals surface area contributed by atoms with Crippen molar-refractivity contribution in [1.29, 1.82) is 0 Å².